The second kappa shape index (κ2) is 13.0. The van der Waals surface area contributed by atoms with Crippen molar-refractivity contribution in [1.29, 1.82) is 0 Å². The second-order valence-corrected chi connectivity index (χ2v) is 9.03. The highest BCUT2D eigenvalue weighted by molar-refractivity contribution is 8.30. The third kappa shape index (κ3) is 13.3. The maximum atomic E-state index is 12.2. The Morgan fingerprint density at radius 3 is 2.00 bits per heavy atom. The molecule has 0 bridgehead atoms. The van der Waals surface area contributed by atoms with E-state index in [9.17, 15) is 4.21 Å². The molecule has 0 radical (unpaired) electrons. The van der Waals surface area contributed by atoms with Crippen LogP contribution in [0.2, 0.25) is 0 Å². The summed E-state index contributed by atoms with van der Waals surface area (Å²) in [6, 6.07) is 0. The molecule has 20 heavy (non-hydrogen) atoms. The molecule has 2 unspecified atom stereocenters. The third-order valence-electron chi connectivity index (χ3n) is 3.52. The topological polar surface area (TPSA) is 26.3 Å². The van der Waals surface area contributed by atoms with Crippen LogP contribution in [0.25, 0.3) is 0 Å². The van der Waals surface area contributed by atoms with Crippen molar-refractivity contribution >= 4 is 20.0 Å². The van der Waals surface area contributed by atoms with Crippen LogP contribution < -0.4 is 0 Å². The SMILES string of the molecule is CCCCCCCCS(=O)(=S)OC(C)CCCCCC. The fourth-order valence-electron chi connectivity index (χ4n) is 2.26. The molecular formula is C16H34O2S2. The first-order valence-corrected chi connectivity index (χ1v) is 11.0. The highest BCUT2D eigenvalue weighted by Crippen LogP contribution is 2.13. The molecule has 0 saturated heterocycles. The Hall–Kier alpha value is 0.330. The minimum atomic E-state index is -2.48. The van der Waals surface area contributed by atoms with Gasteiger partial charge in [-0.2, -0.15) is 0 Å². The highest BCUT2D eigenvalue weighted by atomic mass is 32.8. The van der Waals surface area contributed by atoms with Gasteiger partial charge in [0.15, 0.2) is 0 Å². The molecule has 0 aromatic carbocycles. The molecule has 0 N–H and O–H groups in total. The average molecular weight is 323 g/mol. The lowest BCUT2D eigenvalue weighted by Crippen LogP contribution is -2.17. The van der Waals surface area contributed by atoms with Gasteiger partial charge in [0.2, 0.25) is 0 Å². The molecule has 0 aliphatic carbocycles. The normalized spacial score (nSPS) is 15.9. The first-order chi connectivity index (χ1) is 9.52. The van der Waals surface area contributed by atoms with E-state index in [2.05, 4.69) is 13.8 Å². The summed E-state index contributed by atoms with van der Waals surface area (Å²) in [7, 11) is -2.48. The second-order valence-electron chi connectivity index (χ2n) is 5.79. The van der Waals surface area contributed by atoms with Crippen LogP contribution in [0.15, 0.2) is 0 Å². The number of hydrogen-bond donors (Lipinski definition) is 0. The molecule has 0 saturated carbocycles. The molecule has 0 aromatic rings. The molecule has 0 aliphatic heterocycles. The van der Waals surface area contributed by atoms with Gasteiger partial charge in [0, 0.05) is 11.2 Å². The molecule has 4 heteroatoms. The Morgan fingerprint density at radius 2 is 1.40 bits per heavy atom. The zero-order valence-electron chi connectivity index (χ0n) is 13.7. The summed E-state index contributed by atoms with van der Waals surface area (Å²) < 4.78 is 17.8. The van der Waals surface area contributed by atoms with Crippen molar-refractivity contribution in [1.82, 2.24) is 0 Å². The summed E-state index contributed by atoms with van der Waals surface area (Å²) >= 11 is 5.13. The predicted octanol–water partition coefficient (Wildman–Crippen LogP) is 5.38. The fourth-order valence-corrected chi connectivity index (χ4v) is 4.27. The van der Waals surface area contributed by atoms with Gasteiger partial charge >= 0.3 is 0 Å². The van der Waals surface area contributed by atoms with Crippen LogP contribution in [0.3, 0.4) is 0 Å². The molecule has 0 spiro atoms. The van der Waals surface area contributed by atoms with Gasteiger partial charge in [-0.3, -0.25) is 4.18 Å². The summed E-state index contributed by atoms with van der Waals surface area (Å²) in [6.07, 6.45) is 13.0. The van der Waals surface area contributed by atoms with Crippen LogP contribution in [0.1, 0.15) is 91.4 Å². The maximum absolute atomic E-state index is 12.2. The lowest BCUT2D eigenvalue weighted by atomic mass is 10.1. The summed E-state index contributed by atoms with van der Waals surface area (Å²) in [5.74, 6) is 0.549. The quantitative estimate of drug-likeness (QED) is 0.401. The average Bonchev–Trinajstić information content (AvgIpc) is 2.38. The zero-order valence-corrected chi connectivity index (χ0v) is 15.3. The zero-order chi connectivity index (χ0) is 15.3. The molecule has 0 heterocycles. The molecule has 0 rings (SSSR count). The van der Waals surface area contributed by atoms with Crippen molar-refractivity contribution in [3.8, 4) is 0 Å². The first kappa shape index (κ1) is 20.3. The standard InChI is InChI=1S/C16H34O2S2/c1-4-6-8-10-11-13-15-20(17,19)18-16(3)14-12-9-7-5-2/h16H,4-15H2,1-3H3. The Kier molecular flexibility index (Phi) is 13.2. The molecule has 2 nitrogen and oxygen atoms in total. The van der Waals surface area contributed by atoms with Crippen molar-refractivity contribution in [2.24, 2.45) is 0 Å². The van der Waals surface area contributed by atoms with E-state index in [0.29, 0.717) is 5.75 Å². The molecule has 122 valence electrons. The van der Waals surface area contributed by atoms with Crippen LogP contribution in [0.5, 0.6) is 0 Å². The first-order valence-electron chi connectivity index (χ1n) is 8.42. The van der Waals surface area contributed by atoms with Crippen LogP contribution in [-0.4, -0.2) is 16.1 Å². The number of hydrogen-bond acceptors (Lipinski definition) is 3. The fraction of sp³-hybridized carbons (Fsp3) is 1.00. The van der Waals surface area contributed by atoms with Gasteiger partial charge in [0.05, 0.1) is 11.9 Å². The number of rotatable bonds is 14. The summed E-state index contributed by atoms with van der Waals surface area (Å²) in [4.78, 5) is 0. The van der Waals surface area contributed by atoms with E-state index >= 15 is 0 Å². The predicted molar refractivity (Wildman–Crippen MR) is 93.1 cm³/mol. The van der Waals surface area contributed by atoms with Crippen LogP contribution in [0, 0.1) is 0 Å². The van der Waals surface area contributed by atoms with Crippen LogP contribution in [0.4, 0.5) is 0 Å². The van der Waals surface area contributed by atoms with Crippen molar-refractivity contribution < 1.29 is 8.39 Å². The lowest BCUT2D eigenvalue weighted by Gasteiger charge is -2.15. The van der Waals surface area contributed by atoms with E-state index in [1.54, 1.807) is 0 Å². The highest BCUT2D eigenvalue weighted by Gasteiger charge is 2.12. The number of unbranched alkanes of at least 4 members (excludes halogenated alkanes) is 8. The van der Waals surface area contributed by atoms with Gasteiger partial charge in [-0.25, -0.2) is 4.21 Å². The summed E-state index contributed by atoms with van der Waals surface area (Å²) in [5.41, 5.74) is 0. The lowest BCUT2D eigenvalue weighted by molar-refractivity contribution is 0.229. The van der Waals surface area contributed by atoms with E-state index in [4.69, 9.17) is 15.4 Å². The van der Waals surface area contributed by atoms with Crippen LogP contribution in [-0.2, 0) is 24.1 Å². The van der Waals surface area contributed by atoms with E-state index in [1.807, 2.05) is 6.92 Å². The Bertz CT molecular complexity index is 300. The molecule has 0 aliphatic rings. The van der Waals surface area contributed by atoms with Gasteiger partial charge in [-0.05, 0) is 19.8 Å². The van der Waals surface area contributed by atoms with E-state index in [0.717, 1.165) is 25.7 Å². The Morgan fingerprint density at radius 1 is 0.900 bits per heavy atom. The van der Waals surface area contributed by atoms with Crippen molar-refractivity contribution in [2.45, 2.75) is 97.5 Å². The van der Waals surface area contributed by atoms with E-state index in [1.165, 1.54) is 44.9 Å². The smallest absolute Gasteiger partial charge is 0.144 e. The van der Waals surface area contributed by atoms with Gasteiger partial charge in [-0.1, -0.05) is 71.6 Å². The Labute approximate surface area is 131 Å². The van der Waals surface area contributed by atoms with Gasteiger partial charge in [0.25, 0.3) is 0 Å². The van der Waals surface area contributed by atoms with Gasteiger partial charge in [0.1, 0.15) is 8.77 Å². The van der Waals surface area contributed by atoms with Crippen molar-refractivity contribution in [2.75, 3.05) is 5.75 Å². The van der Waals surface area contributed by atoms with Gasteiger partial charge < -0.3 is 0 Å². The molecular weight excluding hydrogens is 288 g/mol. The van der Waals surface area contributed by atoms with Gasteiger partial charge in [-0.15, -0.1) is 0 Å². The summed E-state index contributed by atoms with van der Waals surface area (Å²) in [5, 5.41) is 0. The summed E-state index contributed by atoms with van der Waals surface area (Å²) in [6.45, 7) is 6.42. The van der Waals surface area contributed by atoms with E-state index in [-0.39, 0.29) is 6.10 Å². The molecule has 2 atom stereocenters. The molecule has 0 amide bonds. The van der Waals surface area contributed by atoms with E-state index < -0.39 is 8.77 Å². The van der Waals surface area contributed by atoms with Crippen LogP contribution >= 0.6 is 0 Å². The third-order valence-corrected chi connectivity index (χ3v) is 5.67. The van der Waals surface area contributed by atoms with Crippen molar-refractivity contribution in [3.05, 3.63) is 0 Å². The van der Waals surface area contributed by atoms with Crippen molar-refractivity contribution in [3.63, 3.8) is 0 Å². The minimum absolute atomic E-state index is 0.0388. The Balaban J connectivity index is 3.66. The monoisotopic (exact) mass is 322 g/mol. The minimum Gasteiger partial charge on any atom is -0.287 e. The molecule has 0 aromatic heterocycles. The molecule has 0 fully saturated rings. The largest absolute Gasteiger partial charge is 0.287 e. The maximum Gasteiger partial charge on any atom is 0.144 e.